The van der Waals surface area contributed by atoms with Gasteiger partial charge in [-0.1, -0.05) is 18.2 Å². The quantitative estimate of drug-likeness (QED) is 0.724. The molecule has 2 aromatic carbocycles. The summed E-state index contributed by atoms with van der Waals surface area (Å²) < 4.78 is 37.9. The Morgan fingerprint density at radius 3 is 2.29 bits per heavy atom. The Hall–Kier alpha value is -2.89. The largest absolute Gasteiger partial charge is 0.478 e. The lowest BCUT2D eigenvalue weighted by molar-refractivity contribution is -0.137. The lowest BCUT2D eigenvalue weighted by atomic mass is 10.0. The van der Waals surface area contributed by atoms with E-state index in [0.29, 0.717) is 16.8 Å². The van der Waals surface area contributed by atoms with Gasteiger partial charge in [0.1, 0.15) is 0 Å². The first kappa shape index (κ1) is 16.0. The highest BCUT2D eigenvalue weighted by molar-refractivity contribution is 5.94. The van der Waals surface area contributed by atoms with Crippen LogP contribution in [0, 0.1) is 6.92 Å². The zero-order chi connectivity index (χ0) is 17.5. The van der Waals surface area contributed by atoms with Crippen molar-refractivity contribution >= 4 is 16.9 Å². The second kappa shape index (κ2) is 5.63. The number of carboxylic acids is 1. The number of pyridine rings is 1. The fourth-order valence-corrected chi connectivity index (χ4v) is 2.51. The van der Waals surface area contributed by atoms with Crippen LogP contribution in [0.25, 0.3) is 22.2 Å². The molecule has 0 saturated carbocycles. The maximum Gasteiger partial charge on any atom is 0.416 e. The molecule has 122 valence electrons. The van der Waals surface area contributed by atoms with E-state index in [-0.39, 0.29) is 5.56 Å². The molecule has 0 radical (unpaired) electrons. The van der Waals surface area contributed by atoms with E-state index in [9.17, 15) is 18.0 Å². The van der Waals surface area contributed by atoms with Gasteiger partial charge in [0.2, 0.25) is 0 Å². The van der Waals surface area contributed by atoms with Crippen molar-refractivity contribution in [3.8, 4) is 11.3 Å². The predicted molar refractivity (Wildman–Crippen MR) is 83.9 cm³/mol. The van der Waals surface area contributed by atoms with Crippen LogP contribution in [-0.2, 0) is 6.18 Å². The zero-order valence-corrected chi connectivity index (χ0v) is 12.6. The van der Waals surface area contributed by atoms with E-state index in [1.807, 2.05) is 6.92 Å². The van der Waals surface area contributed by atoms with E-state index in [1.54, 1.807) is 12.1 Å². The smallest absolute Gasteiger partial charge is 0.416 e. The van der Waals surface area contributed by atoms with Gasteiger partial charge in [-0.3, -0.25) is 0 Å². The van der Waals surface area contributed by atoms with Crippen molar-refractivity contribution in [2.45, 2.75) is 13.1 Å². The third-order valence-corrected chi connectivity index (χ3v) is 3.77. The van der Waals surface area contributed by atoms with Gasteiger partial charge in [-0.15, -0.1) is 0 Å². The number of aromatic carboxylic acids is 1. The summed E-state index contributed by atoms with van der Waals surface area (Å²) >= 11 is 0. The molecule has 1 N–H and O–H groups in total. The van der Waals surface area contributed by atoms with Crippen molar-refractivity contribution in [2.24, 2.45) is 0 Å². The lowest BCUT2D eigenvalue weighted by Crippen LogP contribution is -2.04. The number of rotatable bonds is 2. The highest BCUT2D eigenvalue weighted by atomic mass is 19.4. The number of fused-ring (bicyclic) bond motifs is 1. The van der Waals surface area contributed by atoms with Gasteiger partial charge in [-0.2, -0.15) is 13.2 Å². The number of nitrogens with zero attached hydrogens (tertiary/aromatic N) is 1. The van der Waals surface area contributed by atoms with Crippen LogP contribution in [0.1, 0.15) is 21.5 Å². The number of halogens is 3. The average Bonchev–Trinajstić information content (AvgIpc) is 2.53. The standard InChI is InChI=1S/C18H12F3NO2/c1-10-8-15(11-2-5-13(6-3-11)18(19,20)21)22-16-9-12(17(23)24)4-7-14(10)16/h2-9H,1H3,(H,23,24). The predicted octanol–water partition coefficient (Wildman–Crippen LogP) is 4.93. The summed E-state index contributed by atoms with van der Waals surface area (Å²) in [6, 6.07) is 11.1. The van der Waals surface area contributed by atoms with Gasteiger partial charge in [0.25, 0.3) is 0 Å². The van der Waals surface area contributed by atoms with Crippen LogP contribution < -0.4 is 0 Å². The van der Waals surface area contributed by atoms with Gasteiger partial charge in [0, 0.05) is 10.9 Å². The van der Waals surface area contributed by atoms with E-state index in [1.165, 1.54) is 24.3 Å². The first-order valence-electron chi connectivity index (χ1n) is 7.08. The first-order chi connectivity index (χ1) is 11.3. The van der Waals surface area contributed by atoms with Crippen LogP contribution in [0.15, 0.2) is 48.5 Å². The van der Waals surface area contributed by atoms with Gasteiger partial charge in [0.05, 0.1) is 22.3 Å². The van der Waals surface area contributed by atoms with Gasteiger partial charge < -0.3 is 5.11 Å². The summed E-state index contributed by atoms with van der Waals surface area (Å²) in [6.45, 7) is 1.85. The minimum atomic E-state index is -4.39. The number of alkyl halides is 3. The molecule has 3 nitrogen and oxygen atoms in total. The summed E-state index contributed by atoms with van der Waals surface area (Å²) in [7, 11) is 0. The Kier molecular flexibility index (Phi) is 3.75. The Labute approximate surface area is 135 Å². The summed E-state index contributed by atoms with van der Waals surface area (Å²) in [6.07, 6.45) is -4.39. The molecule has 1 aromatic heterocycles. The molecule has 0 atom stereocenters. The molecule has 0 unspecified atom stereocenters. The molecule has 6 heteroatoms. The van der Waals surface area contributed by atoms with Gasteiger partial charge in [0.15, 0.2) is 0 Å². The van der Waals surface area contributed by atoms with Crippen molar-refractivity contribution in [3.05, 3.63) is 65.2 Å². The highest BCUT2D eigenvalue weighted by Gasteiger charge is 2.30. The molecule has 0 amide bonds. The monoisotopic (exact) mass is 331 g/mol. The van der Waals surface area contributed by atoms with E-state index >= 15 is 0 Å². The Balaban J connectivity index is 2.11. The molecular weight excluding hydrogens is 319 g/mol. The lowest BCUT2D eigenvalue weighted by Gasteiger charge is -2.10. The number of benzene rings is 2. The summed E-state index contributed by atoms with van der Waals surface area (Å²) in [5, 5.41) is 9.87. The van der Waals surface area contributed by atoms with Crippen LogP contribution in [0.4, 0.5) is 13.2 Å². The Morgan fingerprint density at radius 2 is 1.71 bits per heavy atom. The fourth-order valence-electron chi connectivity index (χ4n) is 2.51. The SMILES string of the molecule is Cc1cc(-c2ccc(C(F)(F)F)cc2)nc2cc(C(=O)O)ccc12. The number of aromatic nitrogens is 1. The Bertz CT molecular complexity index is 931. The number of hydrogen-bond acceptors (Lipinski definition) is 2. The van der Waals surface area contributed by atoms with Crippen LogP contribution in [0.3, 0.4) is 0 Å². The van der Waals surface area contributed by atoms with Gasteiger partial charge >= 0.3 is 12.1 Å². The molecular formula is C18H12F3NO2. The van der Waals surface area contributed by atoms with E-state index < -0.39 is 17.7 Å². The molecule has 0 aliphatic heterocycles. The minimum Gasteiger partial charge on any atom is -0.478 e. The maximum atomic E-state index is 12.6. The molecule has 0 fully saturated rings. The third kappa shape index (κ3) is 2.95. The molecule has 3 aromatic rings. The second-order valence-electron chi connectivity index (χ2n) is 5.44. The fraction of sp³-hybridized carbons (Fsp3) is 0.111. The van der Waals surface area contributed by atoms with Crippen molar-refractivity contribution in [2.75, 3.05) is 0 Å². The number of aryl methyl sites for hydroxylation is 1. The molecule has 0 bridgehead atoms. The highest BCUT2D eigenvalue weighted by Crippen LogP contribution is 2.31. The molecule has 0 spiro atoms. The number of carboxylic acid groups (broad SMARTS) is 1. The van der Waals surface area contributed by atoms with Crippen molar-refractivity contribution < 1.29 is 23.1 Å². The zero-order valence-electron chi connectivity index (χ0n) is 12.6. The average molecular weight is 331 g/mol. The van der Waals surface area contributed by atoms with Crippen molar-refractivity contribution in [3.63, 3.8) is 0 Å². The molecule has 0 aliphatic rings. The van der Waals surface area contributed by atoms with Crippen molar-refractivity contribution in [1.82, 2.24) is 4.98 Å². The summed E-state index contributed by atoms with van der Waals surface area (Å²) in [5.41, 5.74) is 1.78. The molecule has 24 heavy (non-hydrogen) atoms. The van der Waals surface area contributed by atoms with Gasteiger partial charge in [-0.05, 0) is 42.8 Å². The molecule has 0 saturated heterocycles. The van der Waals surface area contributed by atoms with E-state index in [4.69, 9.17) is 5.11 Å². The van der Waals surface area contributed by atoms with Crippen LogP contribution in [0.2, 0.25) is 0 Å². The number of hydrogen-bond donors (Lipinski definition) is 1. The molecule has 0 aliphatic carbocycles. The van der Waals surface area contributed by atoms with Crippen LogP contribution in [-0.4, -0.2) is 16.1 Å². The second-order valence-corrected chi connectivity index (χ2v) is 5.44. The van der Waals surface area contributed by atoms with E-state index in [0.717, 1.165) is 23.1 Å². The third-order valence-electron chi connectivity index (χ3n) is 3.77. The maximum absolute atomic E-state index is 12.6. The topological polar surface area (TPSA) is 50.2 Å². The van der Waals surface area contributed by atoms with E-state index in [2.05, 4.69) is 4.98 Å². The summed E-state index contributed by atoms with van der Waals surface area (Å²) in [5.74, 6) is -1.06. The van der Waals surface area contributed by atoms with Crippen LogP contribution in [0.5, 0.6) is 0 Å². The van der Waals surface area contributed by atoms with Crippen LogP contribution >= 0.6 is 0 Å². The minimum absolute atomic E-state index is 0.110. The van der Waals surface area contributed by atoms with Crippen molar-refractivity contribution in [1.29, 1.82) is 0 Å². The molecule has 1 heterocycles. The summed E-state index contributed by atoms with van der Waals surface area (Å²) in [4.78, 5) is 15.5. The number of carbonyl (C=O) groups is 1. The van der Waals surface area contributed by atoms with Gasteiger partial charge in [-0.25, -0.2) is 9.78 Å². The normalized spacial score (nSPS) is 11.7. The first-order valence-corrected chi connectivity index (χ1v) is 7.08. The molecule has 3 rings (SSSR count). The Morgan fingerprint density at radius 1 is 1.04 bits per heavy atom.